The van der Waals surface area contributed by atoms with E-state index in [2.05, 4.69) is 40.9 Å². The second-order valence-corrected chi connectivity index (χ2v) is 6.02. The fraction of sp³-hybridized carbons (Fsp3) is 0.222. The molecule has 0 aliphatic carbocycles. The third kappa shape index (κ3) is 4.84. The molecule has 2 aromatic heterocycles. The molecule has 130 valence electrons. The molecular formula is C18H19N3O3S. The minimum Gasteiger partial charge on any atom is -0.483 e. The van der Waals surface area contributed by atoms with Gasteiger partial charge in [-0.2, -0.15) is 0 Å². The van der Waals surface area contributed by atoms with E-state index < -0.39 is 0 Å². The van der Waals surface area contributed by atoms with Crippen LogP contribution in [0, 0.1) is 6.92 Å². The van der Waals surface area contributed by atoms with Crippen molar-refractivity contribution in [1.29, 1.82) is 0 Å². The van der Waals surface area contributed by atoms with Crippen LogP contribution in [0.1, 0.15) is 17.5 Å². The molecule has 2 N–H and O–H groups in total. The number of aryl methyl sites for hydroxylation is 2. The molecule has 0 atom stereocenters. The maximum Gasteiger partial charge on any atom is 0.290 e. The number of benzene rings is 1. The first-order chi connectivity index (χ1) is 12.1. The van der Waals surface area contributed by atoms with Crippen molar-refractivity contribution in [1.82, 2.24) is 14.7 Å². The molecule has 0 fully saturated rings. The zero-order chi connectivity index (χ0) is 18.2. The molecule has 25 heavy (non-hydrogen) atoms. The number of carbonyl (C=O) groups excluding carboxylic acids is 1. The lowest BCUT2D eigenvalue weighted by Gasteiger charge is -2.08. The van der Waals surface area contributed by atoms with Crippen LogP contribution in [-0.4, -0.2) is 33.9 Å². The normalized spacial score (nSPS) is 10.0. The van der Waals surface area contributed by atoms with Gasteiger partial charge in [-0.05, 0) is 48.1 Å². The second kappa shape index (κ2) is 8.89. The number of fused-ring (bicyclic) bond motifs is 1. The van der Waals surface area contributed by atoms with Crippen LogP contribution in [0.5, 0.6) is 0 Å². The van der Waals surface area contributed by atoms with E-state index in [4.69, 9.17) is 14.9 Å². The van der Waals surface area contributed by atoms with E-state index in [1.807, 2.05) is 11.6 Å². The zero-order valence-electron chi connectivity index (χ0n) is 14.0. The smallest absolute Gasteiger partial charge is 0.290 e. The maximum absolute atomic E-state index is 11.4. The summed E-state index contributed by atoms with van der Waals surface area (Å²) in [6.45, 7) is 1.84. The number of carbonyl (C=O) groups is 2. The van der Waals surface area contributed by atoms with Gasteiger partial charge >= 0.3 is 0 Å². The highest BCUT2D eigenvalue weighted by atomic mass is 32.1. The summed E-state index contributed by atoms with van der Waals surface area (Å²) in [5.41, 5.74) is 5.29. The van der Waals surface area contributed by atoms with Crippen molar-refractivity contribution in [2.75, 3.05) is 7.05 Å². The van der Waals surface area contributed by atoms with Crippen molar-refractivity contribution in [3.05, 3.63) is 47.0 Å². The molecule has 1 amide bonds. The van der Waals surface area contributed by atoms with Gasteiger partial charge in [0.15, 0.2) is 0 Å². The van der Waals surface area contributed by atoms with E-state index in [-0.39, 0.29) is 12.4 Å². The Morgan fingerprint density at radius 3 is 2.76 bits per heavy atom. The van der Waals surface area contributed by atoms with Crippen LogP contribution in [0.15, 0.2) is 35.8 Å². The molecule has 0 aliphatic rings. The summed E-state index contributed by atoms with van der Waals surface area (Å²) in [6.07, 6.45) is 3.06. The molecule has 0 bridgehead atoms. The lowest BCUT2D eigenvalue weighted by molar-refractivity contribution is -0.123. The number of nitrogens with zero attached hydrogens (tertiary/aromatic N) is 2. The number of nitrogens with one attached hydrogen (secondary N) is 1. The van der Waals surface area contributed by atoms with Crippen molar-refractivity contribution >= 4 is 34.8 Å². The van der Waals surface area contributed by atoms with Crippen molar-refractivity contribution in [3.63, 3.8) is 0 Å². The van der Waals surface area contributed by atoms with Crippen LogP contribution in [0.2, 0.25) is 0 Å². The number of hydrogen-bond acceptors (Lipinski definition) is 5. The van der Waals surface area contributed by atoms with E-state index in [0.29, 0.717) is 6.42 Å². The van der Waals surface area contributed by atoms with E-state index in [1.165, 1.54) is 17.1 Å². The van der Waals surface area contributed by atoms with Crippen LogP contribution in [0.3, 0.4) is 0 Å². The monoisotopic (exact) mass is 357 g/mol. The molecule has 6 nitrogen and oxygen atoms in total. The number of amides is 1. The Balaban J connectivity index is 0.000000701. The van der Waals surface area contributed by atoms with Crippen LogP contribution in [0.4, 0.5) is 0 Å². The van der Waals surface area contributed by atoms with Gasteiger partial charge < -0.3 is 10.4 Å². The van der Waals surface area contributed by atoms with Gasteiger partial charge in [0, 0.05) is 29.8 Å². The summed E-state index contributed by atoms with van der Waals surface area (Å²) < 4.78 is 4.14. The SMILES string of the molecule is CNC(=O)CCc1ccc2c(C)cc(-c3cnsc3)nc2c1.O=CO. The van der Waals surface area contributed by atoms with Crippen molar-refractivity contribution < 1.29 is 14.7 Å². The summed E-state index contributed by atoms with van der Waals surface area (Å²) in [6, 6.07) is 8.34. The summed E-state index contributed by atoms with van der Waals surface area (Å²) in [4.78, 5) is 24.5. The third-order valence-electron chi connectivity index (χ3n) is 3.73. The number of hydrogen-bond donors (Lipinski definition) is 2. The topological polar surface area (TPSA) is 92.2 Å². The molecule has 3 rings (SSSR count). The lowest BCUT2D eigenvalue weighted by atomic mass is 10.0. The van der Waals surface area contributed by atoms with Gasteiger partial charge in [0.05, 0.1) is 17.4 Å². The number of pyridine rings is 1. The lowest BCUT2D eigenvalue weighted by Crippen LogP contribution is -2.17. The van der Waals surface area contributed by atoms with Crippen LogP contribution in [0.25, 0.3) is 22.2 Å². The fourth-order valence-corrected chi connectivity index (χ4v) is 3.00. The Kier molecular flexibility index (Phi) is 6.59. The third-order valence-corrected chi connectivity index (χ3v) is 4.32. The van der Waals surface area contributed by atoms with Gasteiger partial charge in [-0.3, -0.25) is 9.59 Å². The first-order valence-corrected chi connectivity index (χ1v) is 8.51. The van der Waals surface area contributed by atoms with Gasteiger partial charge in [0.2, 0.25) is 5.91 Å². The van der Waals surface area contributed by atoms with Crippen LogP contribution < -0.4 is 5.32 Å². The predicted molar refractivity (Wildman–Crippen MR) is 98.7 cm³/mol. The zero-order valence-corrected chi connectivity index (χ0v) is 14.8. The van der Waals surface area contributed by atoms with Crippen molar-refractivity contribution in [3.8, 4) is 11.3 Å². The van der Waals surface area contributed by atoms with Crippen molar-refractivity contribution in [2.45, 2.75) is 19.8 Å². The van der Waals surface area contributed by atoms with Gasteiger partial charge in [0.1, 0.15) is 0 Å². The van der Waals surface area contributed by atoms with Gasteiger partial charge in [0.25, 0.3) is 6.47 Å². The number of carboxylic acid groups (broad SMARTS) is 1. The largest absolute Gasteiger partial charge is 0.483 e. The molecule has 0 saturated heterocycles. The summed E-state index contributed by atoms with van der Waals surface area (Å²) in [5.74, 6) is 0.0577. The molecule has 1 aromatic carbocycles. The summed E-state index contributed by atoms with van der Waals surface area (Å²) >= 11 is 1.43. The highest BCUT2D eigenvalue weighted by Crippen LogP contribution is 2.25. The maximum atomic E-state index is 11.4. The first kappa shape index (κ1) is 18.5. The molecule has 2 heterocycles. The van der Waals surface area contributed by atoms with Gasteiger partial charge in [-0.15, -0.1) is 0 Å². The summed E-state index contributed by atoms with van der Waals surface area (Å²) in [5, 5.41) is 12.7. The highest BCUT2D eigenvalue weighted by molar-refractivity contribution is 7.03. The summed E-state index contributed by atoms with van der Waals surface area (Å²) in [7, 11) is 1.66. The molecule has 0 spiro atoms. The number of aromatic nitrogens is 2. The van der Waals surface area contributed by atoms with Crippen molar-refractivity contribution in [2.24, 2.45) is 0 Å². The van der Waals surface area contributed by atoms with Gasteiger partial charge in [-0.25, -0.2) is 9.36 Å². The van der Waals surface area contributed by atoms with Gasteiger partial charge in [-0.1, -0.05) is 12.1 Å². The predicted octanol–water partition coefficient (Wildman–Crippen LogP) is 3.05. The molecule has 3 aromatic rings. The fourth-order valence-electron chi connectivity index (χ4n) is 2.47. The van der Waals surface area contributed by atoms with Crippen LogP contribution >= 0.6 is 11.5 Å². The second-order valence-electron chi connectivity index (χ2n) is 5.37. The average Bonchev–Trinajstić information content (AvgIpc) is 3.14. The molecule has 0 aliphatic heterocycles. The highest BCUT2D eigenvalue weighted by Gasteiger charge is 2.07. The number of rotatable bonds is 4. The minimum atomic E-state index is -0.250. The van der Waals surface area contributed by atoms with E-state index in [0.717, 1.165) is 34.1 Å². The Morgan fingerprint density at radius 2 is 2.12 bits per heavy atom. The first-order valence-electron chi connectivity index (χ1n) is 7.67. The van der Waals surface area contributed by atoms with E-state index >= 15 is 0 Å². The van der Waals surface area contributed by atoms with E-state index in [1.54, 1.807) is 7.05 Å². The van der Waals surface area contributed by atoms with Crippen LogP contribution in [-0.2, 0) is 16.0 Å². The molecule has 0 unspecified atom stereocenters. The Labute approximate surface area is 149 Å². The van der Waals surface area contributed by atoms with E-state index in [9.17, 15) is 4.79 Å². The molecule has 0 saturated carbocycles. The minimum absolute atomic E-state index is 0.0577. The Morgan fingerprint density at radius 1 is 1.36 bits per heavy atom. The average molecular weight is 357 g/mol. The standard InChI is InChI=1S/C17H17N3OS.CH2O2/c1-11-7-15(13-9-19-22-10-13)20-16-8-12(3-5-14(11)16)4-6-17(21)18-2;2-1-3/h3,5,7-10H,4,6H2,1-2H3,(H,18,21);1H,(H,2,3). The molecular weight excluding hydrogens is 338 g/mol. The Bertz CT molecular complexity index is 863. The molecule has 7 heteroatoms. The Hall–Kier alpha value is -2.80. The molecule has 0 radical (unpaired) electrons. The quantitative estimate of drug-likeness (QED) is 0.700.